The molecule has 8 nitrogen and oxygen atoms in total. The van der Waals surface area contributed by atoms with Crippen molar-refractivity contribution in [3.63, 3.8) is 0 Å². The van der Waals surface area contributed by atoms with Crippen molar-refractivity contribution < 1.29 is 19.4 Å². The first-order valence-corrected chi connectivity index (χ1v) is 10.2. The van der Waals surface area contributed by atoms with Crippen LogP contribution in [0.2, 0.25) is 0 Å². The number of amides is 2. The minimum absolute atomic E-state index is 0.0686. The Balaban J connectivity index is 2.03. The third-order valence-corrected chi connectivity index (χ3v) is 5.12. The van der Waals surface area contributed by atoms with Gasteiger partial charge in [-0.2, -0.15) is 0 Å². The monoisotopic (exact) mass is 456 g/mol. The van der Waals surface area contributed by atoms with Gasteiger partial charge in [-0.3, -0.25) is 9.69 Å². The molecule has 0 unspecified atom stereocenters. The minimum Gasteiger partial charge on any atom is -0.465 e. The second-order valence-electron chi connectivity index (χ2n) is 8.34. The Kier molecular flexibility index (Phi) is 7.25. The number of rotatable bonds is 5. The number of hydrogen-bond acceptors (Lipinski definition) is 5. The molecular formula is C19H29BrN4O4. The Morgan fingerprint density at radius 1 is 1.25 bits per heavy atom. The first-order valence-electron chi connectivity index (χ1n) is 9.46. The number of carboxylic acid groups (broad SMARTS) is 1. The number of likely N-dealkylation sites (tertiary alicyclic amines) is 1. The summed E-state index contributed by atoms with van der Waals surface area (Å²) >= 11 is 3.28. The standard InChI is InChI=1S/C19H29BrN4O4/c1-12(2)15(24(18(26)27)19(3,4)5)16(25)23-8-6-14(7-9-23)28-17-21-10-13(20)11-22-17/h10-12,14-15H,6-9H2,1-5H3,(H,26,27)/t15-/m0/s1. The van der Waals surface area contributed by atoms with Crippen LogP contribution in [0.5, 0.6) is 6.01 Å². The minimum atomic E-state index is -1.08. The van der Waals surface area contributed by atoms with Crippen molar-refractivity contribution in [2.45, 2.75) is 65.1 Å². The summed E-state index contributed by atoms with van der Waals surface area (Å²) in [6.07, 6.45) is 3.41. The van der Waals surface area contributed by atoms with E-state index in [-0.39, 0.29) is 17.9 Å². The normalized spacial score (nSPS) is 16.8. The number of carbonyl (C=O) groups is 2. The molecule has 9 heteroatoms. The van der Waals surface area contributed by atoms with Crippen LogP contribution in [0.15, 0.2) is 16.9 Å². The maximum atomic E-state index is 13.2. The lowest BCUT2D eigenvalue weighted by molar-refractivity contribution is -0.142. The highest BCUT2D eigenvalue weighted by Gasteiger charge is 2.41. The summed E-state index contributed by atoms with van der Waals surface area (Å²) in [4.78, 5) is 36.3. The topological polar surface area (TPSA) is 95.9 Å². The largest absolute Gasteiger partial charge is 0.465 e. The van der Waals surface area contributed by atoms with E-state index in [4.69, 9.17) is 4.74 Å². The van der Waals surface area contributed by atoms with Gasteiger partial charge in [-0.15, -0.1) is 0 Å². The summed E-state index contributed by atoms with van der Waals surface area (Å²) in [6, 6.07) is -0.400. The van der Waals surface area contributed by atoms with Crippen molar-refractivity contribution in [1.82, 2.24) is 19.8 Å². The van der Waals surface area contributed by atoms with Gasteiger partial charge in [0, 0.05) is 43.9 Å². The molecule has 156 valence electrons. The van der Waals surface area contributed by atoms with E-state index in [2.05, 4.69) is 25.9 Å². The summed E-state index contributed by atoms with van der Waals surface area (Å²) in [5, 5.41) is 9.72. The first kappa shape index (κ1) is 22.4. The van der Waals surface area contributed by atoms with E-state index >= 15 is 0 Å². The van der Waals surface area contributed by atoms with Crippen molar-refractivity contribution in [3.8, 4) is 6.01 Å². The SMILES string of the molecule is CC(C)[C@@H](C(=O)N1CCC(Oc2ncc(Br)cn2)CC1)N(C(=O)O)C(C)(C)C. The van der Waals surface area contributed by atoms with E-state index in [0.717, 1.165) is 4.47 Å². The first-order chi connectivity index (χ1) is 13.0. The van der Waals surface area contributed by atoms with Crippen LogP contribution in [0, 0.1) is 5.92 Å². The lowest BCUT2D eigenvalue weighted by Crippen LogP contribution is -2.60. The number of piperidine rings is 1. The lowest BCUT2D eigenvalue weighted by atomic mass is 9.94. The predicted molar refractivity (Wildman–Crippen MR) is 108 cm³/mol. The maximum absolute atomic E-state index is 13.2. The highest BCUT2D eigenvalue weighted by Crippen LogP contribution is 2.25. The molecule has 0 aromatic carbocycles. The van der Waals surface area contributed by atoms with Crippen LogP contribution in [0.25, 0.3) is 0 Å². The number of ether oxygens (including phenoxy) is 1. The Morgan fingerprint density at radius 2 is 1.79 bits per heavy atom. The molecule has 1 atom stereocenters. The zero-order chi connectivity index (χ0) is 21.1. The molecule has 2 rings (SSSR count). The van der Waals surface area contributed by atoms with E-state index < -0.39 is 17.7 Å². The van der Waals surface area contributed by atoms with Gasteiger partial charge in [-0.25, -0.2) is 14.8 Å². The molecular weight excluding hydrogens is 428 g/mol. The number of nitrogens with zero attached hydrogens (tertiary/aromatic N) is 4. The molecule has 1 aromatic rings. The summed E-state index contributed by atoms with van der Waals surface area (Å²) < 4.78 is 6.58. The van der Waals surface area contributed by atoms with Crippen molar-refractivity contribution in [2.24, 2.45) is 5.92 Å². The second kappa shape index (κ2) is 9.07. The fraction of sp³-hybridized carbons (Fsp3) is 0.684. The van der Waals surface area contributed by atoms with Crippen LogP contribution in [0.3, 0.4) is 0 Å². The van der Waals surface area contributed by atoms with Crippen molar-refractivity contribution in [3.05, 3.63) is 16.9 Å². The number of carbonyl (C=O) groups excluding carboxylic acids is 1. The number of hydrogen-bond donors (Lipinski definition) is 1. The van der Waals surface area contributed by atoms with Crippen molar-refractivity contribution in [2.75, 3.05) is 13.1 Å². The Bertz CT molecular complexity index is 682. The van der Waals surface area contributed by atoms with E-state index in [0.29, 0.717) is 31.9 Å². The molecule has 1 aliphatic heterocycles. The molecule has 2 heterocycles. The molecule has 1 aromatic heterocycles. The predicted octanol–water partition coefficient (Wildman–Crippen LogP) is 3.41. The van der Waals surface area contributed by atoms with Crippen LogP contribution < -0.4 is 4.74 Å². The summed E-state index contributed by atoms with van der Waals surface area (Å²) in [6.45, 7) is 10.2. The molecule has 0 radical (unpaired) electrons. The van der Waals surface area contributed by atoms with Gasteiger partial charge in [-0.1, -0.05) is 13.8 Å². The zero-order valence-corrected chi connectivity index (χ0v) is 18.6. The molecule has 28 heavy (non-hydrogen) atoms. The average molecular weight is 457 g/mol. The average Bonchev–Trinajstić information content (AvgIpc) is 2.60. The van der Waals surface area contributed by atoms with Crippen LogP contribution in [-0.2, 0) is 4.79 Å². The van der Waals surface area contributed by atoms with Gasteiger partial charge >= 0.3 is 12.1 Å². The van der Waals surface area contributed by atoms with Crippen molar-refractivity contribution in [1.29, 1.82) is 0 Å². The van der Waals surface area contributed by atoms with Crippen LogP contribution in [-0.4, -0.2) is 67.6 Å². The summed E-state index contributed by atoms with van der Waals surface area (Å²) in [5.74, 6) is -0.279. The summed E-state index contributed by atoms with van der Waals surface area (Å²) in [5.41, 5.74) is -0.670. The molecule has 0 aliphatic carbocycles. The molecule has 2 amide bonds. The highest BCUT2D eigenvalue weighted by molar-refractivity contribution is 9.10. The van der Waals surface area contributed by atoms with E-state index in [1.165, 1.54) is 4.90 Å². The number of aromatic nitrogens is 2. The van der Waals surface area contributed by atoms with E-state index in [9.17, 15) is 14.7 Å². The number of halogens is 1. The summed E-state index contributed by atoms with van der Waals surface area (Å²) in [7, 11) is 0. The zero-order valence-electron chi connectivity index (χ0n) is 17.1. The molecule has 0 spiro atoms. The molecule has 1 saturated heterocycles. The van der Waals surface area contributed by atoms with E-state index in [1.807, 2.05) is 34.6 Å². The quantitative estimate of drug-likeness (QED) is 0.728. The van der Waals surface area contributed by atoms with Gasteiger partial charge in [0.05, 0.1) is 4.47 Å². The lowest BCUT2D eigenvalue weighted by Gasteiger charge is -2.43. The van der Waals surface area contributed by atoms with Gasteiger partial charge < -0.3 is 14.7 Å². The van der Waals surface area contributed by atoms with E-state index in [1.54, 1.807) is 17.3 Å². The smallest absolute Gasteiger partial charge is 0.408 e. The van der Waals surface area contributed by atoms with Crippen LogP contribution in [0.4, 0.5) is 4.79 Å². The highest BCUT2D eigenvalue weighted by atomic mass is 79.9. The van der Waals surface area contributed by atoms with Crippen LogP contribution in [0.1, 0.15) is 47.5 Å². The molecule has 1 N–H and O–H groups in total. The van der Waals surface area contributed by atoms with Crippen molar-refractivity contribution >= 4 is 27.9 Å². The van der Waals surface area contributed by atoms with Gasteiger partial charge in [-0.05, 0) is 42.6 Å². The molecule has 1 fully saturated rings. The Labute approximate surface area is 174 Å². The maximum Gasteiger partial charge on any atom is 0.408 e. The molecule has 1 aliphatic rings. The van der Waals surface area contributed by atoms with Gasteiger partial charge in [0.1, 0.15) is 12.1 Å². The Hall–Kier alpha value is -1.90. The fourth-order valence-electron chi connectivity index (χ4n) is 3.41. The second-order valence-corrected chi connectivity index (χ2v) is 9.25. The van der Waals surface area contributed by atoms with Crippen LogP contribution >= 0.6 is 15.9 Å². The van der Waals surface area contributed by atoms with Gasteiger partial charge in [0.25, 0.3) is 0 Å². The fourth-order valence-corrected chi connectivity index (χ4v) is 3.61. The van der Waals surface area contributed by atoms with Gasteiger partial charge in [0.15, 0.2) is 0 Å². The third-order valence-electron chi connectivity index (χ3n) is 4.71. The molecule has 0 bridgehead atoms. The third kappa shape index (κ3) is 5.56. The Morgan fingerprint density at radius 3 is 2.21 bits per heavy atom. The van der Waals surface area contributed by atoms with Gasteiger partial charge in [0.2, 0.25) is 5.91 Å². The molecule has 0 saturated carbocycles.